The second kappa shape index (κ2) is 5.61. The standard InChI is InChI=1S/C11H8BrCl2NO2S2/c1-6-4-10(18-11(6)14)19(16,17)15-7-2-3-8(12)9(13)5-7/h2-5,15H,1H3. The molecular weight excluding hydrogens is 393 g/mol. The number of sulfonamides is 1. The van der Waals surface area contributed by atoms with Crippen molar-refractivity contribution in [1.82, 2.24) is 0 Å². The molecule has 2 aromatic rings. The first-order valence-electron chi connectivity index (χ1n) is 5.03. The van der Waals surface area contributed by atoms with Crippen molar-refractivity contribution >= 4 is 66.2 Å². The number of rotatable bonds is 3. The summed E-state index contributed by atoms with van der Waals surface area (Å²) < 4.78 is 28.1. The van der Waals surface area contributed by atoms with Gasteiger partial charge in [-0.2, -0.15) is 0 Å². The van der Waals surface area contributed by atoms with E-state index in [0.29, 0.717) is 19.5 Å². The topological polar surface area (TPSA) is 46.2 Å². The maximum Gasteiger partial charge on any atom is 0.271 e. The van der Waals surface area contributed by atoms with Gasteiger partial charge in [-0.05, 0) is 52.7 Å². The quantitative estimate of drug-likeness (QED) is 0.793. The molecule has 0 saturated carbocycles. The van der Waals surface area contributed by atoms with Crippen molar-refractivity contribution in [2.45, 2.75) is 11.1 Å². The van der Waals surface area contributed by atoms with Crippen LogP contribution in [0.1, 0.15) is 5.56 Å². The van der Waals surface area contributed by atoms with Crippen LogP contribution in [0.15, 0.2) is 32.9 Å². The van der Waals surface area contributed by atoms with E-state index in [2.05, 4.69) is 20.7 Å². The summed E-state index contributed by atoms with van der Waals surface area (Å²) in [7, 11) is -3.63. The lowest BCUT2D eigenvalue weighted by Crippen LogP contribution is -2.11. The third-order valence-corrected chi connectivity index (χ3v) is 6.91. The van der Waals surface area contributed by atoms with Crippen LogP contribution in [-0.4, -0.2) is 8.42 Å². The van der Waals surface area contributed by atoms with E-state index >= 15 is 0 Å². The second-order valence-electron chi connectivity index (χ2n) is 3.76. The highest BCUT2D eigenvalue weighted by molar-refractivity contribution is 9.10. The summed E-state index contributed by atoms with van der Waals surface area (Å²) in [6.45, 7) is 1.76. The molecule has 0 atom stereocenters. The van der Waals surface area contributed by atoms with Gasteiger partial charge in [0, 0.05) is 4.47 Å². The van der Waals surface area contributed by atoms with E-state index in [-0.39, 0.29) is 4.21 Å². The Balaban J connectivity index is 2.33. The van der Waals surface area contributed by atoms with Crippen molar-refractivity contribution in [3.8, 4) is 0 Å². The molecule has 0 amide bonds. The lowest BCUT2D eigenvalue weighted by Gasteiger charge is -2.07. The molecule has 0 unspecified atom stereocenters. The monoisotopic (exact) mass is 399 g/mol. The van der Waals surface area contributed by atoms with Crippen LogP contribution in [0.5, 0.6) is 0 Å². The minimum absolute atomic E-state index is 0.175. The van der Waals surface area contributed by atoms with Gasteiger partial charge in [0.2, 0.25) is 0 Å². The SMILES string of the molecule is Cc1cc(S(=O)(=O)Nc2ccc(Br)c(Cl)c2)sc1Cl. The van der Waals surface area contributed by atoms with Crippen LogP contribution in [-0.2, 0) is 10.0 Å². The Hall–Kier alpha value is -0.270. The Morgan fingerprint density at radius 3 is 2.47 bits per heavy atom. The molecule has 0 bridgehead atoms. The smallest absolute Gasteiger partial charge is 0.271 e. The molecule has 19 heavy (non-hydrogen) atoms. The van der Waals surface area contributed by atoms with Gasteiger partial charge in [0.25, 0.3) is 10.0 Å². The highest BCUT2D eigenvalue weighted by Crippen LogP contribution is 2.32. The van der Waals surface area contributed by atoms with Crippen molar-refractivity contribution in [2.75, 3.05) is 4.72 Å². The zero-order chi connectivity index (χ0) is 14.2. The van der Waals surface area contributed by atoms with Crippen molar-refractivity contribution < 1.29 is 8.42 Å². The van der Waals surface area contributed by atoms with Gasteiger partial charge in [-0.1, -0.05) is 23.2 Å². The molecular formula is C11H8BrCl2NO2S2. The van der Waals surface area contributed by atoms with Crippen LogP contribution in [0.4, 0.5) is 5.69 Å². The summed E-state index contributed by atoms with van der Waals surface area (Å²) in [4.78, 5) is 0. The molecule has 1 aromatic heterocycles. The van der Waals surface area contributed by atoms with Gasteiger partial charge in [-0.15, -0.1) is 11.3 Å². The average molecular weight is 401 g/mol. The van der Waals surface area contributed by atoms with E-state index in [0.717, 1.165) is 16.9 Å². The molecule has 0 aliphatic heterocycles. The first-order valence-corrected chi connectivity index (χ1v) is 8.88. The van der Waals surface area contributed by atoms with Crippen LogP contribution in [0.25, 0.3) is 0 Å². The molecule has 1 heterocycles. The molecule has 0 saturated heterocycles. The predicted molar refractivity (Wildman–Crippen MR) is 84.0 cm³/mol. The maximum atomic E-state index is 12.1. The number of halogens is 3. The van der Waals surface area contributed by atoms with Gasteiger partial charge in [0.1, 0.15) is 4.21 Å². The molecule has 2 rings (SSSR count). The number of anilines is 1. The predicted octanol–water partition coefficient (Wildman–Crippen LogP) is 4.93. The van der Waals surface area contributed by atoms with E-state index in [9.17, 15) is 8.42 Å². The fourth-order valence-electron chi connectivity index (χ4n) is 1.33. The molecule has 0 fully saturated rings. The summed E-state index contributed by atoms with van der Waals surface area (Å²) in [6.07, 6.45) is 0. The second-order valence-corrected chi connectivity index (χ2v) is 8.58. The van der Waals surface area contributed by atoms with Crippen molar-refractivity contribution in [3.05, 3.63) is 43.7 Å². The van der Waals surface area contributed by atoms with Gasteiger partial charge in [0.05, 0.1) is 15.0 Å². The first kappa shape index (κ1) is 15.1. The molecule has 8 heteroatoms. The minimum atomic E-state index is -3.63. The molecule has 102 valence electrons. The van der Waals surface area contributed by atoms with Crippen molar-refractivity contribution in [1.29, 1.82) is 0 Å². The normalized spacial score (nSPS) is 11.6. The summed E-state index contributed by atoms with van der Waals surface area (Å²) in [5, 5.41) is 0.431. The molecule has 1 aromatic carbocycles. The number of hydrogen-bond donors (Lipinski definition) is 1. The van der Waals surface area contributed by atoms with Crippen molar-refractivity contribution in [3.63, 3.8) is 0 Å². The summed E-state index contributed by atoms with van der Waals surface area (Å²) in [6, 6.07) is 6.36. The summed E-state index contributed by atoms with van der Waals surface area (Å²) in [5.41, 5.74) is 1.14. The number of thiophene rings is 1. The van der Waals surface area contributed by atoms with Crippen LogP contribution in [0.3, 0.4) is 0 Å². The van der Waals surface area contributed by atoms with Crippen molar-refractivity contribution in [2.24, 2.45) is 0 Å². The Morgan fingerprint density at radius 2 is 1.95 bits per heavy atom. The lowest BCUT2D eigenvalue weighted by molar-refractivity contribution is 0.603. The average Bonchev–Trinajstić information content (AvgIpc) is 2.65. The lowest BCUT2D eigenvalue weighted by atomic mass is 10.3. The number of hydrogen-bond acceptors (Lipinski definition) is 3. The van der Waals surface area contributed by atoms with Crippen LogP contribution in [0, 0.1) is 6.92 Å². The number of aryl methyl sites for hydroxylation is 1. The maximum absolute atomic E-state index is 12.1. The molecule has 0 aliphatic rings. The van der Waals surface area contributed by atoms with E-state index in [1.807, 2.05) is 0 Å². The summed E-state index contributed by atoms with van der Waals surface area (Å²) >= 11 is 16.1. The molecule has 1 N–H and O–H groups in total. The van der Waals surface area contributed by atoms with E-state index < -0.39 is 10.0 Å². The van der Waals surface area contributed by atoms with Gasteiger partial charge >= 0.3 is 0 Å². The van der Waals surface area contributed by atoms with Gasteiger partial charge in [-0.3, -0.25) is 4.72 Å². The highest BCUT2D eigenvalue weighted by atomic mass is 79.9. The third-order valence-electron chi connectivity index (χ3n) is 2.27. The third kappa shape index (κ3) is 3.44. The fraction of sp³-hybridized carbons (Fsp3) is 0.0909. The van der Waals surface area contributed by atoms with Crippen LogP contribution >= 0.6 is 50.5 Å². The van der Waals surface area contributed by atoms with E-state index in [1.54, 1.807) is 19.1 Å². The Labute approximate surface area is 133 Å². The fourth-order valence-corrected chi connectivity index (χ4v) is 4.51. The zero-order valence-corrected chi connectivity index (χ0v) is 14.3. The largest absolute Gasteiger partial charge is 0.279 e. The highest BCUT2D eigenvalue weighted by Gasteiger charge is 2.18. The Bertz CT molecular complexity index is 709. The Kier molecular flexibility index (Phi) is 4.47. The van der Waals surface area contributed by atoms with Gasteiger partial charge in [0.15, 0.2) is 0 Å². The molecule has 3 nitrogen and oxygen atoms in total. The number of nitrogens with one attached hydrogen (secondary N) is 1. The first-order chi connectivity index (χ1) is 8.79. The summed E-state index contributed by atoms with van der Waals surface area (Å²) in [5.74, 6) is 0. The molecule has 0 aliphatic carbocycles. The molecule has 0 radical (unpaired) electrons. The Morgan fingerprint density at radius 1 is 1.26 bits per heavy atom. The van der Waals surface area contributed by atoms with Gasteiger partial charge < -0.3 is 0 Å². The van der Waals surface area contributed by atoms with Crippen LogP contribution in [0.2, 0.25) is 9.36 Å². The minimum Gasteiger partial charge on any atom is -0.279 e. The number of benzene rings is 1. The van der Waals surface area contributed by atoms with Gasteiger partial charge in [-0.25, -0.2) is 8.42 Å². The van der Waals surface area contributed by atoms with E-state index in [4.69, 9.17) is 23.2 Å². The zero-order valence-electron chi connectivity index (χ0n) is 9.58. The van der Waals surface area contributed by atoms with E-state index in [1.165, 1.54) is 12.1 Å². The van der Waals surface area contributed by atoms with Crippen LogP contribution < -0.4 is 4.72 Å². The molecule has 0 spiro atoms.